The van der Waals surface area contributed by atoms with Gasteiger partial charge < -0.3 is 10.6 Å². The number of urea groups is 1. The Morgan fingerprint density at radius 3 is 2.50 bits per heavy atom. The van der Waals surface area contributed by atoms with Crippen molar-refractivity contribution in [2.75, 3.05) is 6.54 Å². The lowest BCUT2D eigenvalue weighted by molar-refractivity contribution is 0.232. The van der Waals surface area contributed by atoms with Gasteiger partial charge >= 0.3 is 6.03 Å². The van der Waals surface area contributed by atoms with Gasteiger partial charge in [-0.05, 0) is 48.7 Å². The molecule has 0 spiro atoms. The lowest BCUT2D eigenvalue weighted by Crippen LogP contribution is -2.44. The molecule has 2 amide bonds. The molecule has 0 aliphatic heterocycles. The molecule has 3 rings (SSSR count). The molecule has 1 aromatic heterocycles. The molecule has 1 aliphatic rings. The smallest absolute Gasteiger partial charge is 0.315 e. The van der Waals surface area contributed by atoms with E-state index in [4.69, 9.17) is 0 Å². The van der Waals surface area contributed by atoms with Crippen LogP contribution in [-0.2, 0) is 9.84 Å². The minimum atomic E-state index is -3.85. The average molecular weight is 405 g/mol. The molecule has 28 heavy (non-hydrogen) atoms. The summed E-state index contributed by atoms with van der Waals surface area (Å²) in [6.45, 7) is -0.107. The number of nitrogens with zero attached hydrogens (tertiary/aromatic N) is 1. The molecule has 2 aromatic rings. The topological polar surface area (TPSA) is 88.2 Å². The summed E-state index contributed by atoms with van der Waals surface area (Å²) in [5, 5.41) is 4.57. The number of sulfone groups is 1. The highest BCUT2D eigenvalue weighted by Gasteiger charge is 2.30. The first-order chi connectivity index (χ1) is 13.5. The number of hydrogen-bond acceptors (Lipinski definition) is 4. The van der Waals surface area contributed by atoms with Gasteiger partial charge in [-0.1, -0.05) is 25.3 Å². The standard InChI is InChI=1S/C20H24FN3O3S/c21-16-8-10-18(11-9-16)28(26,27)19(15-5-4-12-22-13-15)14-23-20(25)24-17-6-2-1-3-7-17/h4-5,8-13,17,19H,1-3,6-7,14H2,(H2,23,24,25). The molecule has 1 aromatic carbocycles. The zero-order valence-electron chi connectivity index (χ0n) is 15.5. The van der Waals surface area contributed by atoms with E-state index in [1.54, 1.807) is 18.3 Å². The van der Waals surface area contributed by atoms with Gasteiger partial charge in [-0.25, -0.2) is 17.6 Å². The first-order valence-electron chi connectivity index (χ1n) is 9.40. The first kappa shape index (κ1) is 20.3. The molecule has 150 valence electrons. The lowest BCUT2D eigenvalue weighted by atomic mass is 9.96. The molecule has 0 bridgehead atoms. The summed E-state index contributed by atoms with van der Waals surface area (Å²) >= 11 is 0. The maximum absolute atomic E-state index is 13.2. The van der Waals surface area contributed by atoms with Gasteiger partial charge in [-0.2, -0.15) is 0 Å². The number of carbonyl (C=O) groups is 1. The summed E-state index contributed by atoms with van der Waals surface area (Å²) in [4.78, 5) is 16.3. The van der Waals surface area contributed by atoms with Crippen LogP contribution >= 0.6 is 0 Å². The second-order valence-electron chi connectivity index (χ2n) is 6.96. The van der Waals surface area contributed by atoms with E-state index >= 15 is 0 Å². The van der Waals surface area contributed by atoms with Gasteiger partial charge in [0, 0.05) is 25.0 Å². The van der Waals surface area contributed by atoms with Crippen LogP contribution in [0.5, 0.6) is 0 Å². The first-order valence-corrected chi connectivity index (χ1v) is 11.0. The van der Waals surface area contributed by atoms with Crippen LogP contribution < -0.4 is 10.6 Å². The second kappa shape index (κ2) is 9.14. The zero-order chi connectivity index (χ0) is 20.0. The minimum Gasteiger partial charge on any atom is -0.336 e. The molecular weight excluding hydrogens is 381 g/mol. The Hall–Kier alpha value is -2.48. The highest BCUT2D eigenvalue weighted by atomic mass is 32.2. The molecule has 8 heteroatoms. The molecule has 1 unspecified atom stereocenters. The van der Waals surface area contributed by atoms with Crippen molar-refractivity contribution < 1.29 is 17.6 Å². The van der Waals surface area contributed by atoms with Crippen LogP contribution in [0.25, 0.3) is 0 Å². The van der Waals surface area contributed by atoms with E-state index in [2.05, 4.69) is 15.6 Å². The molecule has 1 aliphatic carbocycles. The quantitative estimate of drug-likeness (QED) is 0.722. The Morgan fingerprint density at radius 2 is 1.86 bits per heavy atom. The molecule has 1 atom stereocenters. The van der Waals surface area contributed by atoms with Crippen molar-refractivity contribution in [2.24, 2.45) is 0 Å². The highest BCUT2D eigenvalue weighted by molar-refractivity contribution is 7.91. The fourth-order valence-electron chi connectivity index (χ4n) is 3.43. The van der Waals surface area contributed by atoms with E-state index in [9.17, 15) is 17.6 Å². The van der Waals surface area contributed by atoms with E-state index in [1.807, 2.05) is 0 Å². The number of amides is 2. The number of halogens is 1. The van der Waals surface area contributed by atoms with Crippen LogP contribution in [-0.4, -0.2) is 32.0 Å². The van der Waals surface area contributed by atoms with Crippen molar-refractivity contribution in [2.45, 2.75) is 48.3 Å². The summed E-state index contributed by atoms with van der Waals surface area (Å²) < 4.78 is 39.5. The molecular formula is C20H24FN3O3S. The summed E-state index contributed by atoms with van der Waals surface area (Å²) in [7, 11) is -3.85. The van der Waals surface area contributed by atoms with Crippen molar-refractivity contribution in [1.29, 1.82) is 0 Å². The number of hydrogen-bond donors (Lipinski definition) is 2. The molecule has 0 radical (unpaired) electrons. The molecule has 0 saturated heterocycles. The lowest BCUT2D eigenvalue weighted by Gasteiger charge is -2.24. The number of nitrogens with one attached hydrogen (secondary N) is 2. The van der Waals surface area contributed by atoms with Crippen molar-refractivity contribution in [3.63, 3.8) is 0 Å². The van der Waals surface area contributed by atoms with Gasteiger partial charge in [0.25, 0.3) is 0 Å². The SMILES string of the molecule is O=C(NCC(c1cccnc1)S(=O)(=O)c1ccc(F)cc1)NC1CCCCC1. The third kappa shape index (κ3) is 5.07. The Morgan fingerprint density at radius 1 is 1.14 bits per heavy atom. The van der Waals surface area contributed by atoms with Crippen molar-refractivity contribution in [3.8, 4) is 0 Å². The van der Waals surface area contributed by atoms with E-state index in [-0.39, 0.29) is 23.5 Å². The molecule has 6 nitrogen and oxygen atoms in total. The number of carbonyl (C=O) groups excluding carboxylic acids is 1. The molecule has 1 saturated carbocycles. The third-order valence-electron chi connectivity index (χ3n) is 4.96. The minimum absolute atomic E-state index is 0.00255. The Kier molecular flexibility index (Phi) is 6.61. The Bertz CT molecular complexity index is 883. The second-order valence-corrected chi connectivity index (χ2v) is 9.09. The fourth-order valence-corrected chi connectivity index (χ4v) is 5.07. The Balaban J connectivity index is 1.76. The van der Waals surface area contributed by atoms with Gasteiger partial charge in [0.15, 0.2) is 9.84 Å². The van der Waals surface area contributed by atoms with Crippen LogP contribution in [0.15, 0.2) is 53.7 Å². The predicted octanol–water partition coefficient (Wildman–Crippen LogP) is 3.37. The number of aromatic nitrogens is 1. The van der Waals surface area contributed by atoms with Crippen LogP contribution in [0.1, 0.15) is 42.9 Å². The third-order valence-corrected chi connectivity index (χ3v) is 7.08. The number of pyridine rings is 1. The van der Waals surface area contributed by atoms with E-state index in [1.165, 1.54) is 24.8 Å². The normalized spacial score (nSPS) is 16.3. The van der Waals surface area contributed by atoms with Crippen LogP contribution in [0, 0.1) is 5.82 Å². The van der Waals surface area contributed by atoms with Gasteiger partial charge in [0.05, 0.1) is 4.90 Å². The maximum Gasteiger partial charge on any atom is 0.315 e. The Labute approximate surface area is 164 Å². The van der Waals surface area contributed by atoms with Crippen LogP contribution in [0.2, 0.25) is 0 Å². The van der Waals surface area contributed by atoms with Gasteiger partial charge in [0.2, 0.25) is 0 Å². The van der Waals surface area contributed by atoms with Gasteiger partial charge in [-0.3, -0.25) is 4.98 Å². The van der Waals surface area contributed by atoms with Crippen molar-refractivity contribution in [3.05, 3.63) is 60.2 Å². The zero-order valence-corrected chi connectivity index (χ0v) is 16.3. The average Bonchev–Trinajstić information content (AvgIpc) is 2.70. The van der Waals surface area contributed by atoms with E-state index in [0.29, 0.717) is 5.56 Å². The summed E-state index contributed by atoms with van der Waals surface area (Å²) in [5.41, 5.74) is 0.463. The maximum atomic E-state index is 13.2. The monoisotopic (exact) mass is 405 g/mol. The van der Waals surface area contributed by atoms with E-state index in [0.717, 1.165) is 37.8 Å². The summed E-state index contributed by atoms with van der Waals surface area (Å²) in [6.07, 6.45) is 8.24. The number of rotatable bonds is 6. The molecule has 1 fully saturated rings. The summed E-state index contributed by atoms with van der Waals surface area (Å²) in [5.74, 6) is -0.512. The van der Waals surface area contributed by atoms with Crippen LogP contribution in [0.4, 0.5) is 9.18 Å². The van der Waals surface area contributed by atoms with Crippen molar-refractivity contribution in [1.82, 2.24) is 15.6 Å². The number of benzene rings is 1. The highest BCUT2D eigenvalue weighted by Crippen LogP contribution is 2.28. The largest absolute Gasteiger partial charge is 0.336 e. The van der Waals surface area contributed by atoms with Crippen molar-refractivity contribution >= 4 is 15.9 Å². The van der Waals surface area contributed by atoms with Crippen LogP contribution in [0.3, 0.4) is 0 Å². The fraction of sp³-hybridized carbons (Fsp3) is 0.400. The predicted molar refractivity (Wildman–Crippen MR) is 104 cm³/mol. The molecule has 1 heterocycles. The van der Waals surface area contributed by atoms with Gasteiger partial charge in [0.1, 0.15) is 11.1 Å². The molecule has 2 N–H and O–H groups in total. The van der Waals surface area contributed by atoms with E-state index < -0.39 is 20.9 Å². The summed E-state index contributed by atoms with van der Waals surface area (Å²) in [6, 6.07) is 7.72. The van der Waals surface area contributed by atoms with Gasteiger partial charge in [-0.15, -0.1) is 0 Å².